The predicted octanol–water partition coefficient (Wildman–Crippen LogP) is 3.50. The average molecular weight is 331 g/mol. The second kappa shape index (κ2) is 7.59. The Morgan fingerprint density at radius 1 is 1.30 bits per heavy atom. The molecule has 0 aliphatic carbocycles. The fourth-order valence-corrected chi connectivity index (χ4v) is 3.29. The topological polar surface area (TPSA) is 65.3 Å². The molecule has 2 N–H and O–H groups in total. The summed E-state index contributed by atoms with van der Waals surface area (Å²) in [4.78, 5) is 2.26. The molecular formula is C17H21N3O2S. The molecule has 0 amide bonds. The largest absolute Gasteiger partial charge is 0.458 e. The van der Waals surface area contributed by atoms with Gasteiger partial charge in [-0.25, -0.2) is 0 Å². The summed E-state index contributed by atoms with van der Waals surface area (Å²) in [6.45, 7) is 3.72. The van der Waals surface area contributed by atoms with E-state index in [1.54, 1.807) is 17.5 Å². The second-order valence-electron chi connectivity index (χ2n) is 5.52. The van der Waals surface area contributed by atoms with Crippen molar-refractivity contribution in [2.75, 3.05) is 6.61 Å². The maximum Gasteiger partial charge on any atom is 0.152 e. The molecule has 0 saturated heterocycles. The van der Waals surface area contributed by atoms with Crippen molar-refractivity contribution >= 4 is 11.3 Å². The lowest BCUT2D eigenvalue weighted by Gasteiger charge is -2.28. The van der Waals surface area contributed by atoms with E-state index in [1.807, 2.05) is 18.2 Å². The molecule has 122 valence electrons. The Balaban J connectivity index is 1.75. The van der Waals surface area contributed by atoms with Gasteiger partial charge in [-0.1, -0.05) is 6.92 Å². The van der Waals surface area contributed by atoms with Gasteiger partial charge in [0.15, 0.2) is 5.76 Å². The lowest BCUT2D eigenvalue weighted by atomic mass is 10.1. The highest BCUT2D eigenvalue weighted by Crippen LogP contribution is 2.22. The maximum absolute atomic E-state index is 9.68. The van der Waals surface area contributed by atoms with Crippen LogP contribution in [0.1, 0.15) is 24.7 Å². The molecule has 0 saturated carbocycles. The summed E-state index contributed by atoms with van der Waals surface area (Å²) in [5, 5.41) is 20.8. The number of aromatic amines is 1. The second-order valence-corrected chi connectivity index (χ2v) is 6.30. The SMILES string of the molecule is CCC(CO)N(Cc1ccsc1)Cc1ccc(-c2ccn[nH]2)o1. The summed E-state index contributed by atoms with van der Waals surface area (Å²) in [5.41, 5.74) is 2.14. The zero-order valence-electron chi connectivity index (χ0n) is 13.1. The van der Waals surface area contributed by atoms with E-state index in [9.17, 15) is 5.11 Å². The lowest BCUT2D eigenvalue weighted by molar-refractivity contribution is 0.100. The van der Waals surface area contributed by atoms with E-state index in [2.05, 4.69) is 38.8 Å². The molecule has 3 aromatic heterocycles. The third-order valence-corrected chi connectivity index (χ3v) is 4.68. The van der Waals surface area contributed by atoms with E-state index in [4.69, 9.17) is 4.42 Å². The summed E-state index contributed by atoms with van der Waals surface area (Å²) in [5.74, 6) is 1.67. The number of H-pyrrole nitrogens is 1. The third-order valence-electron chi connectivity index (χ3n) is 3.95. The molecule has 5 nitrogen and oxygen atoms in total. The van der Waals surface area contributed by atoms with Crippen molar-refractivity contribution in [1.29, 1.82) is 0 Å². The van der Waals surface area contributed by atoms with Gasteiger partial charge in [0.25, 0.3) is 0 Å². The lowest BCUT2D eigenvalue weighted by Crippen LogP contribution is -2.36. The minimum absolute atomic E-state index is 0.121. The Kier molecular flexibility index (Phi) is 5.27. The highest BCUT2D eigenvalue weighted by Gasteiger charge is 2.19. The van der Waals surface area contributed by atoms with Crippen molar-refractivity contribution < 1.29 is 9.52 Å². The molecule has 0 bridgehead atoms. The molecule has 0 spiro atoms. The first kappa shape index (κ1) is 16.0. The van der Waals surface area contributed by atoms with Crippen LogP contribution in [0.5, 0.6) is 0 Å². The Morgan fingerprint density at radius 3 is 2.87 bits per heavy atom. The van der Waals surface area contributed by atoms with Gasteiger partial charge in [-0.2, -0.15) is 16.4 Å². The van der Waals surface area contributed by atoms with Gasteiger partial charge in [0.1, 0.15) is 11.5 Å². The van der Waals surface area contributed by atoms with E-state index in [1.165, 1.54) is 5.56 Å². The summed E-state index contributed by atoms with van der Waals surface area (Å²) in [6.07, 6.45) is 2.61. The number of aromatic nitrogens is 2. The third kappa shape index (κ3) is 3.90. The zero-order valence-corrected chi connectivity index (χ0v) is 13.9. The number of furan rings is 1. The molecular weight excluding hydrogens is 310 g/mol. The molecule has 3 heterocycles. The Labute approximate surface area is 139 Å². The van der Waals surface area contributed by atoms with Crippen LogP contribution in [0, 0.1) is 0 Å². The van der Waals surface area contributed by atoms with Crippen LogP contribution in [0.25, 0.3) is 11.5 Å². The fraction of sp³-hybridized carbons (Fsp3) is 0.353. The molecule has 0 radical (unpaired) electrons. The van der Waals surface area contributed by atoms with Gasteiger partial charge in [-0.15, -0.1) is 0 Å². The van der Waals surface area contributed by atoms with Crippen molar-refractivity contribution in [2.24, 2.45) is 0 Å². The summed E-state index contributed by atoms with van der Waals surface area (Å²) >= 11 is 1.69. The average Bonchev–Trinajstić information content (AvgIpc) is 3.31. The molecule has 23 heavy (non-hydrogen) atoms. The van der Waals surface area contributed by atoms with Crippen LogP contribution in [-0.2, 0) is 13.1 Å². The Hall–Kier alpha value is -1.89. The Bertz CT molecular complexity index is 687. The van der Waals surface area contributed by atoms with Gasteiger partial charge < -0.3 is 9.52 Å². The number of thiophene rings is 1. The first-order chi connectivity index (χ1) is 11.3. The van der Waals surface area contributed by atoms with Gasteiger partial charge in [-0.05, 0) is 47.0 Å². The van der Waals surface area contributed by atoms with Crippen LogP contribution in [0.15, 0.2) is 45.6 Å². The van der Waals surface area contributed by atoms with Gasteiger partial charge in [-0.3, -0.25) is 10.00 Å². The highest BCUT2D eigenvalue weighted by molar-refractivity contribution is 7.07. The van der Waals surface area contributed by atoms with Crippen LogP contribution in [0.3, 0.4) is 0 Å². The summed E-state index contributed by atoms with van der Waals surface area (Å²) in [6, 6.07) is 8.07. The van der Waals surface area contributed by atoms with Gasteiger partial charge in [0, 0.05) is 18.8 Å². The molecule has 0 fully saturated rings. The van der Waals surface area contributed by atoms with Crippen LogP contribution >= 0.6 is 11.3 Å². The monoisotopic (exact) mass is 331 g/mol. The maximum atomic E-state index is 9.68. The van der Waals surface area contributed by atoms with Gasteiger partial charge in [0.2, 0.25) is 0 Å². The van der Waals surface area contributed by atoms with Crippen LogP contribution in [0.4, 0.5) is 0 Å². The van der Waals surface area contributed by atoms with Crippen molar-refractivity contribution in [3.63, 3.8) is 0 Å². The van der Waals surface area contributed by atoms with Gasteiger partial charge >= 0.3 is 0 Å². The molecule has 3 rings (SSSR count). The minimum atomic E-state index is 0.121. The number of nitrogens with zero attached hydrogens (tertiary/aromatic N) is 2. The van der Waals surface area contributed by atoms with Crippen LogP contribution in [-0.4, -0.2) is 32.9 Å². The van der Waals surface area contributed by atoms with Crippen LogP contribution in [0.2, 0.25) is 0 Å². The Morgan fingerprint density at radius 2 is 2.22 bits per heavy atom. The number of hydrogen-bond donors (Lipinski definition) is 2. The zero-order chi connectivity index (χ0) is 16.1. The van der Waals surface area contributed by atoms with E-state index in [0.29, 0.717) is 6.54 Å². The van der Waals surface area contributed by atoms with Crippen molar-refractivity contribution in [3.05, 3.63) is 52.5 Å². The standard InChI is InChI=1S/C17H21N3O2S/c1-2-14(11-21)20(9-13-6-8-23-12-13)10-15-3-4-17(22-15)16-5-7-18-19-16/h3-8,12,14,21H,2,9-11H2,1H3,(H,18,19). The number of aliphatic hydroxyl groups excluding tert-OH is 1. The van der Waals surface area contributed by atoms with Crippen molar-refractivity contribution in [3.8, 4) is 11.5 Å². The number of rotatable bonds is 8. The van der Waals surface area contributed by atoms with Crippen molar-refractivity contribution in [2.45, 2.75) is 32.5 Å². The van der Waals surface area contributed by atoms with Crippen molar-refractivity contribution in [1.82, 2.24) is 15.1 Å². The van der Waals surface area contributed by atoms with E-state index >= 15 is 0 Å². The number of aliphatic hydroxyl groups is 1. The molecule has 1 atom stereocenters. The number of hydrogen-bond acceptors (Lipinski definition) is 5. The predicted molar refractivity (Wildman–Crippen MR) is 91.0 cm³/mol. The highest BCUT2D eigenvalue weighted by atomic mass is 32.1. The quantitative estimate of drug-likeness (QED) is 0.663. The summed E-state index contributed by atoms with van der Waals surface area (Å²) in [7, 11) is 0. The van der Waals surface area contributed by atoms with Crippen LogP contribution < -0.4 is 0 Å². The smallest absolute Gasteiger partial charge is 0.152 e. The molecule has 0 aliphatic rings. The molecule has 6 heteroatoms. The first-order valence-corrected chi connectivity index (χ1v) is 8.69. The van der Waals surface area contributed by atoms with E-state index in [0.717, 1.165) is 30.2 Å². The van der Waals surface area contributed by atoms with Gasteiger partial charge in [0.05, 0.1) is 13.2 Å². The van der Waals surface area contributed by atoms with E-state index < -0.39 is 0 Å². The molecule has 0 aromatic carbocycles. The first-order valence-electron chi connectivity index (χ1n) is 7.74. The normalized spacial score (nSPS) is 12.8. The molecule has 3 aromatic rings. The number of nitrogens with one attached hydrogen (secondary N) is 1. The van der Waals surface area contributed by atoms with E-state index in [-0.39, 0.29) is 12.6 Å². The minimum Gasteiger partial charge on any atom is -0.458 e. The fourth-order valence-electron chi connectivity index (χ4n) is 2.63. The molecule has 0 aliphatic heterocycles. The molecule has 1 unspecified atom stereocenters. The summed E-state index contributed by atoms with van der Waals surface area (Å²) < 4.78 is 5.92.